The van der Waals surface area contributed by atoms with Crippen LogP contribution in [0.4, 0.5) is 5.69 Å². The zero-order chi connectivity index (χ0) is 13.8. The van der Waals surface area contributed by atoms with Crippen molar-refractivity contribution in [3.8, 4) is 10.6 Å². The summed E-state index contributed by atoms with van der Waals surface area (Å²) in [4.78, 5) is 14.8. The average molecular weight is 277 g/mol. The quantitative estimate of drug-likeness (QED) is 0.672. The number of non-ortho nitro benzene ring substituents is 1. The fraction of sp³-hybridized carbons (Fsp3) is 0.308. The van der Waals surface area contributed by atoms with Gasteiger partial charge in [-0.05, 0) is 25.6 Å². The molecule has 0 aliphatic rings. The molecule has 2 aromatic rings. The molecule has 0 saturated carbocycles. The highest BCUT2D eigenvalue weighted by Crippen LogP contribution is 2.27. The Morgan fingerprint density at radius 3 is 2.68 bits per heavy atom. The van der Waals surface area contributed by atoms with E-state index in [0.29, 0.717) is 0 Å². The summed E-state index contributed by atoms with van der Waals surface area (Å²) in [6.45, 7) is 5.02. The van der Waals surface area contributed by atoms with Gasteiger partial charge in [-0.25, -0.2) is 4.98 Å². The molecule has 1 aromatic carbocycles. The van der Waals surface area contributed by atoms with Crippen LogP contribution < -0.4 is 5.32 Å². The van der Waals surface area contributed by atoms with Gasteiger partial charge in [-0.1, -0.05) is 6.92 Å². The molecule has 19 heavy (non-hydrogen) atoms. The van der Waals surface area contributed by atoms with E-state index in [2.05, 4.69) is 24.1 Å². The lowest BCUT2D eigenvalue weighted by molar-refractivity contribution is -0.384. The van der Waals surface area contributed by atoms with Gasteiger partial charge < -0.3 is 5.32 Å². The van der Waals surface area contributed by atoms with Gasteiger partial charge in [0.05, 0.1) is 10.6 Å². The van der Waals surface area contributed by atoms with Crippen molar-refractivity contribution in [2.45, 2.75) is 19.9 Å². The van der Waals surface area contributed by atoms with Crippen LogP contribution in [0.3, 0.4) is 0 Å². The summed E-state index contributed by atoms with van der Waals surface area (Å²) in [5.74, 6) is 0. The minimum absolute atomic E-state index is 0.0987. The first-order chi connectivity index (χ1) is 9.11. The number of hydrogen-bond donors (Lipinski definition) is 1. The molecule has 1 atom stereocenters. The lowest BCUT2D eigenvalue weighted by Gasteiger charge is -2.08. The molecule has 1 N–H and O–H groups in total. The number of nitro groups is 1. The predicted octanol–water partition coefficient (Wildman–Crippen LogP) is 3.39. The standard InChI is InChI=1S/C13H15N3O2S/c1-3-14-9(2)12-8-19-13(15-12)10-4-6-11(7-5-10)16(17)18/h4-9,14H,3H2,1-2H3. The fourth-order valence-electron chi connectivity index (χ4n) is 1.75. The smallest absolute Gasteiger partial charge is 0.269 e. The van der Waals surface area contributed by atoms with E-state index < -0.39 is 4.92 Å². The number of nitrogens with zero attached hydrogens (tertiary/aromatic N) is 2. The van der Waals surface area contributed by atoms with E-state index in [9.17, 15) is 10.1 Å². The maximum absolute atomic E-state index is 10.6. The van der Waals surface area contributed by atoms with Crippen molar-refractivity contribution < 1.29 is 4.92 Å². The Labute approximate surface area is 115 Å². The second-order valence-corrected chi connectivity index (χ2v) is 5.02. The highest BCUT2D eigenvalue weighted by atomic mass is 32.1. The third-order valence-corrected chi connectivity index (χ3v) is 3.71. The van der Waals surface area contributed by atoms with Gasteiger partial charge in [-0.2, -0.15) is 0 Å². The Kier molecular flexibility index (Phi) is 4.24. The van der Waals surface area contributed by atoms with Gasteiger partial charge in [0.15, 0.2) is 0 Å². The van der Waals surface area contributed by atoms with Crippen molar-refractivity contribution in [1.29, 1.82) is 0 Å². The normalized spacial score (nSPS) is 12.3. The summed E-state index contributed by atoms with van der Waals surface area (Å²) >= 11 is 1.55. The summed E-state index contributed by atoms with van der Waals surface area (Å²) in [6, 6.07) is 6.69. The number of thiazole rings is 1. The molecule has 0 radical (unpaired) electrons. The second kappa shape index (κ2) is 5.90. The molecular formula is C13H15N3O2S. The number of hydrogen-bond acceptors (Lipinski definition) is 5. The summed E-state index contributed by atoms with van der Waals surface area (Å²) in [5, 5.41) is 16.8. The van der Waals surface area contributed by atoms with Crippen LogP contribution in [-0.2, 0) is 0 Å². The molecule has 5 nitrogen and oxygen atoms in total. The molecule has 1 aromatic heterocycles. The summed E-state index contributed by atoms with van der Waals surface area (Å²) in [5.41, 5.74) is 2.01. The van der Waals surface area contributed by atoms with Gasteiger partial charge in [0.2, 0.25) is 0 Å². The highest BCUT2D eigenvalue weighted by molar-refractivity contribution is 7.13. The Morgan fingerprint density at radius 1 is 1.42 bits per heavy atom. The van der Waals surface area contributed by atoms with Crippen molar-refractivity contribution in [2.24, 2.45) is 0 Å². The van der Waals surface area contributed by atoms with Crippen LogP contribution in [0.15, 0.2) is 29.6 Å². The number of nitro benzene ring substituents is 1. The van der Waals surface area contributed by atoms with Crippen LogP contribution in [0.2, 0.25) is 0 Å². The maximum atomic E-state index is 10.6. The molecule has 6 heteroatoms. The Bertz CT molecular complexity index is 566. The minimum Gasteiger partial charge on any atom is -0.309 e. The molecule has 0 bridgehead atoms. The number of nitrogens with one attached hydrogen (secondary N) is 1. The summed E-state index contributed by atoms with van der Waals surface area (Å²) < 4.78 is 0. The van der Waals surface area contributed by atoms with E-state index in [1.54, 1.807) is 23.5 Å². The van der Waals surface area contributed by atoms with E-state index in [1.807, 2.05) is 5.38 Å². The highest BCUT2D eigenvalue weighted by Gasteiger charge is 2.11. The van der Waals surface area contributed by atoms with Gasteiger partial charge in [0.1, 0.15) is 5.01 Å². The number of rotatable bonds is 5. The Balaban J connectivity index is 2.20. The molecule has 0 amide bonds. The van der Waals surface area contributed by atoms with Crippen LogP contribution in [0.1, 0.15) is 25.6 Å². The van der Waals surface area contributed by atoms with E-state index >= 15 is 0 Å². The van der Waals surface area contributed by atoms with Crippen LogP contribution in [0, 0.1) is 10.1 Å². The third kappa shape index (κ3) is 3.15. The van der Waals surface area contributed by atoms with Crippen LogP contribution in [-0.4, -0.2) is 16.5 Å². The molecule has 1 unspecified atom stereocenters. The second-order valence-electron chi connectivity index (χ2n) is 4.16. The number of benzene rings is 1. The average Bonchev–Trinajstić information content (AvgIpc) is 2.89. The van der Waals surface area contributed by atoms with Crippen molar-refractivity contribution in [3.05, 3.63) is 45.5 Å². The lowest BCUT2D eigenvalue weighted by atomic mass is 10.2. The Morgan fingerprint density at radius 2 is 2.11 bits per heavy atom. The van der Waals surface area contributed by atoms with Gasteiger partial charge in [0.25, 0.3) is 5.69 Å². The molecule has 100 valence electrons. The lowest BCUT2D eigenvalue weighted by Crippen LogP contribution is -2.17. The molecule has 0 aliphatic carbocycles. The van der Waals surface area contributed by atoms with Gasteiger partial charge >= 0.3 is 0 Å². The van der Waals surface area contributed by atoms with E-state index in [1.165, 1.54) is 12.1 Å². The van der Waals surface area contributed by atoms with Gasteiger partial charge in [-0.15, -0.1) is 11.3 Å². The third-order valence-electron chi connectivity index (χ3n) is 2.80. The molecule has 1 heterocycles. The first kappa shape index (κ1) is 13.6. The van der Waals surface area contributed by atoms with Crippen LogP contribution in [0.5, 0.6) is 0 Å². The predicted molar refractivity (Wildman–Crippen MR) is 76.3 cm³/mol. The molecule has 2 rings (SSSR count). The fourth-order valence-corrected chi connectivity index (χ4v) is 2.67. The Hall–Kier alpha value is -1.79. The first-order valence-electron chi connectivity index (χ1n) is 6.05. The zero-order valence-corrected chi connectivity index (χ0v) is 11.6. The monoisotopic (exact) mass is 277 g/mol. The molecule has 0 spiro atoms. The van der Waals surface area contributed by atoms with Crippen LogP contribution >= 0.6 is 11.3 Å². The van der Waals surface area contributed by atoms with E-state index in [0.717, 1.165) is 22.8 Å². The summed E-state index contributed by atoms with van der Waals surface area (Å²) in [6.07, 6.45) is 0. The molecule has 0 aliphatic heterocycles. The zero-order valence-electron chi connectivity index (χ0n) is 10.8. The molecule has 0 saturated heterocycles. The van der Waals surface area contributed by atoms with Crippen LogP contribution in [0.25, 0.3) is 10.6 Å². The van der Waals surface area contributed by atoms with Gasteiger partial charge in [0, 0.05) is 29.1 Å². The maximum Gasteiger partial charge on any atom is 0.269 e. The van der Waals surface area contributed by atoms with Crippen molar-refractivity contribution in [2.75, 3.05) is 6.54 Å². The SMILES string of the molecule is CCNC(C)c1csc(-c2ccc([N+](=O)[O-])cc2)n1. The summed E-state index contributed by atoms with van der Waals surface area (Å²) in [7, 11) is 0. The van der Waals surface area contributed by atoms with E-state index in [4.69, 9.17) is 0 Å². The van der Waals surface area contributed by atoms with E-state index in [-0.39, 0.29) is 11.7 Å². The molecule has 0 fully saturated rings. The minimum atomic E-state index is -0.399. The van der Waals surface area contributed by atoms with Crippen molar-refractivity contribution >= 4 is 17.0 Å². The van der Waals surface area contributed by atoms with Gasteiger partial charge in [-0.3, -0.25) is 10.1 Å². The molecular weight excluding hydrogens is 262 g/mol. The topological polar surface area (TPSA) is 68.1 Å². The van der Waals surface area contributed by atoms with Crippen molar-refractivity contribution in [3.63, 3.8) is 0 Å². The number of aromatic nitrogens is 1. The first-order valence-corrected chi connectivity index (χ1v) is 6.93. The van der Waals surface area contributed by atoms with Crippen molar-refractivity contribution in [1.82, 2.24) is 10.3 Å². The largest absolute Gasteiger partial charge is 0.309 e.